The van der Waals surface area contributed by atoms with E-state index >= 15 is 0 Å². The lowest BCUT2D eigenvalue weighted by Crippen LogP contribution is -2.23. The van der Waals surface area contributed by atoms with Gasteiger partial charge in [-0.3, -0.25) is 18.8 Å². The highest BCUT2D eigenvalue weighted by Gasteiger charge is 2.21. The van der Waals surface area contributed by atoms with Gasteiger partial charge in [-0.15, -0.1) is 21.5 Å². The molecule has 1 aromatic carbocycles. The predicted octanol–water partition coefficient (Wildman–Crippen LogP) is 5.24. The van der Waals surface area contributed by atoms with Gasteiger partial charge in [-0.05, 0) is 44.9 Å². The number of para-hydroxylation sites is 1. The number of amides is 1. The minimum absolute atomic E-state index is 0.116. The van der Waals surface area contributed by atoms with Crippen LogP contribution in [0.2, 0.25) is 0 Å². The molecule has 4 rings (SSSR count). The van der Waals surface area contributed by atoms with Gasteiger partial charge in [0.1, 0.15) is 5.69 Å². The molecule has 35 heavy (non-hydrogen) atoms. The zero-order chi connectivity index (χ0) is 25.3. The minimum atomic E-state index is -0.265. The van der Waals surface area contributed by atoms with E-state index in [2.05, 4.69) is 59.2 Å². The summed E-state index contributed by atoms with van der Waals surface area (Å²) in [6.45, 7) is 10.3. The fraction of sp³-hybridized carbons (Fsp3) is 0.360. The first kappa shape index (κ1) is 25.0. The molecular weight excluding hydrogens is 480 g/mol. The first-order valence-corrected chi connectivity index (χ1v) is 13.4. The highest BCUT2D eigenvalue weighted by atomic mass is 32.2. The Bertz CT molecular complexity index is 1400. The third-order valence-electron chi connectivity index (χ3n) is 5.78. The van der Waals surface area contributed by atoms with Crippen LogP contribution in [0.25, 0.3) is 17.1 Å². The number of hydrogen-bond donors (Lipinski definition) is 1. The van der Waals surface area contributed by atoms with E-state index < -0.39 is 0 Å². The van der Waals surface area contributed by atoms with E-state index in [4.69, 9.17) is 0 Å². The Balaban J connectivity index is 1.52. The van der Waals surface area contributed by atoms with E-state index in [1.54, 1.807) is 27.7 Å². The lowest BCUT2D eigenvalue weighted by molar-refractivity contribution is -0.113. The summed E-state index contributed by atoms with van der Waals surface area (Å²) in [5.74, 6) is 1.11. The molecule has 0 bridgehead atoms. The summed E-state index contributed by atoms with van der Waals surface area (Å²) in [5.41, 5.74) is 2.48. The maximum atomic E-state index is 13.1. The zero-order valence-electron chi connectivity index (χ0n) is 20.8. The molecule has 0 spiro atoms. The van der Waals surface area contributed by atoms with Crippen molar-refractivity contribution in [3.63, 3.8) is 0 Å². The Kier molecular flexibility index (Phi) is 7.32. The first-order valence-electron chi connectivity index (χ1n) is 11.5. The second kappa shape index (κ2) is 10.2. The number of thiophene rings is 1. The Labute approximate surface area is 213 Å². The van der Waals surface area contributed by atoms with Crippen molar-refractivity contribution in [2.45, 2.75) is 51.7 Å². The van der Waals surface area contributed by atoms with Crippen LogP contribution in [0.1, 0.15) is 50.2 Å². The number of anilines is 1. The van der Waals surface area contributed by atoms with Gasteiger partial charge in [0.05, 0.1) is 17.1 Å². The number of benzene rings is 1. The fourth-order valence-electron chi connectivity index (χ4n) is 3.83. The number of thioether (sulfide) groups is 1. The van der Waals surface area contributed by atoms with Gasteiger partial charge in [-0.1, -0.05) is 43.8 Å². The molecule has 0 aliphatic carbocycles. The summed E-state index contributed by atoms with van der Waals surface area (Å²) in [4.78, 5) is 27.2. The highest BCUT2D eigenvalue weighted by Crippen LogP contribution is 2.32. The van der Waals surface area contributed by atoms with Crippen molar-refractivity contribution in [1.82, 2.24) is 24.1 Å². The quantitative estimate of drug-likeness (QED) is 0.328. The molecule has 3 aromatic heterocycles. The molecule has 0 fully saturated rings. The number of rotatable bonds is 8. The summed E-state index contributed by atoms with van der Waals surface area (Å²) in [7, 11) is 1.80. The number of nitrogens with one attached hydrogen (secondary N) is 1. The van der Waals surface area contributed by atoms with Crippen LogP contribution in [0.4, 0.5) is 5.69 Å². The van der Waals surface area contributed by atoms with Crippen molar-refractivity contribution in [2.75, 3.05) is 11.1 Å². The summed E-state index contributed by atoms with van der Waals surface area (Å²) in [5, 5.41) is 14.4. The smallest absolute Gasteiger partial charge is 0.295 e. The predicted molar refractivity (Wildman–Crippen MR) is 143 cm³/mol. The van der Waals surface area contributed by atoms with Crippen LogP contribution in [0, 0.1) is 6.92 Å². The normalized spacial score (nSPS) is 11.5. The van der Waals surface area contributed by atoms with Gasteiger partial charge in [0.25, 0.3) is 5.56 Å². The molecule has 0 atom stereocenters. The molecule has 0 saturated carbocycles. The van der Waals surface area contributed by atoms with Gasteiger partial charge >= 0.3 is 0 Å². The molecule has 3 heterocycles. The molecule has 0 aliphatic rings. The van der Waals surface area contributed by atoms with Crippen molar-refractivity contribution in [2.24, 2.45) is 7.05 Å². The van der Waals surface area contributed by atoms with E-state index in [1.165, 1.54) is 16.6 Å². The fourth-order valence-corrected chi connectivity index (χ4v) is 5.60. The number of carbonyl (C=O) groups excluding carboxylic acids is 1. The summed E-state index contributed by atoms with van der Waals surface area (Å²) in [6, 6.07) is 11.6. The summed E-state index contributed by atoms with van der Waals surface area (Å²) >= 11 is 3.04. The van der Waals surface area contributed by atoms with Gasteiger partial charge in [-0.25, -0.2) is 4.68 Å². The summed E-state index contributed by atoms with van der Waals surface area (Å²) < 4.78 is 5.35. The molecule has 4 aromatic rings. The van der Waals surface area contributed by atoms with Gasteiger partial charge in [-0.2, -0.15) is 0 Å². The third-order valence-corrected chi connectivity index (χ3v) is 7.96. The maximum absolute atomic E-state index is 13.1. The van der Waals surface area contributed by atoms with Crippen LogP contribution in [0.5, 0.6) is 0 Å². The van der Waals surface area contributed by atoms with Crippen LogP contribution in [-0.2, 0) is 11.8 Å². The second-order valence-electron chi connectivity index (χ2n) is 8.94. The largest absolute Gasteiger partial charge is 0.319 e. The monoisotopic (exact) mass is 510 g/mol. The van der Waals surface area contributed by atoms with Crippen molar-refractivity contribution < 1.29 is 4.79 Å². The van der Waals surface area contributed by atoms with E-state index in [-0.39, 0.29) is 28.9 Å². The number of nitrogens with zero attached hydrogens (tertiary/aromatic N) is 5. The van der Waals surface area contributed by atoms with Crippen LogP contribution in [-0.4, -0.2) is 35.8 Å². The van der Waals surface area contributed by atoms with Crippen molar-refractivity contribution in [3.05, 3.63) is 62.7 Å². The second-order valence-corrected chi connectivity index (χ2v) is 10.8. The van der Waals surface area contributed by atoms with E-state index in [9.17, 15) is 9.59 Å². The molecule has 8 nitrogen and oxygen atoms in total. The van der Waals surface area contributed by atoms with Crippen LogP contribution in [0.3, 0.4) is 0 Å². The molecule has 0 aliphatic heterocycles. The van der Waals surface area contributed by atoms with Gasteiger partial charge in [0.15, 0.2) is 11.0 Å². The minimum Gasteiger partial charge on any atom is -0.319 e. The highest BCUT2D eigenvalue weighted by molar-refractivity contribution is 7.99. The first-order chi connectivity index (χ1) is 16.7. The molecule has 184 valence electrons. The Morgan fingerprint density at radius 3 is 2.49 bits per heavy atom. The van der Waals surface area contributed by atoms with Gasteiger partial charge in [0, 0.05) is 28.9 Å². The number of aromatic nitrogens is 5. The average molecular weight is 511 g/mol. The SMILES string of the molecule is Cc1c(NC(=O)CSc2nnc(-c3csc(C(C)C)c3)n2C(C)C)c(=O)n(-c2ccccc2)n1C. The molecule has 10 heteroatoms. The Morgan fingerprint density at radius 1 is 1.14 bits per heavy atom. The van der Waals surface area contributed by atoms with Gasteiger partial charge < -0.3 is 5.32 Å². The van der Waals surface area contributed by atoms with Gasteiger partial charge in [0.2, 0.25) is 5.91 Å². The van der Waals surface area contributed by atoms with Crippen LogP contribution in [0.15, 0.2) is 51.7 Å². The zero-order valence-corrected chi connectivity index (χ0v) is 22.4. The lowest BCUT2D eigenvalue weighted by Gasteiger charge is -2.13. The Hall–Kier alpha value is -3.11. The molecule has 1 amide bonds. The Morgan fingerprint density at radius 2 is 1.86 bits per heavy atom. The molecule has 0 unspecified atom stereocenters. The van der Waals surface area contributed by atoms with E-state index in [0.717, 1.165) is 17.1 Å². The molecule has 1 N–H and O–H groups in total. The molecule has 0 saturated heterocycles. The van der Waals surface area contributed by atoms with E-state index in [0.29, 0.717) is 16.8 Å². The number of hydrogen-bond acceptors (Lipinski definition) is 6. The summed E-state index contributed by atoms with van der Waals surface area (Å²) in [6.07, 6.45) is 0. The number of carbonyl (C=O) groups is 1. The third kappa shape index (κ3) is 4.99. The average Bonchev–Trinajstić information content (AvgIpc) is 3.52. The lowest BCUT2D eigenvalue weighted by atomic mass is 10.1. The topological polar surface area (TPSA) is 86.7 Å². The standard InChI is InChI=1S/C25H30N6O2S2/c1-15(2)20-12-18(13-34-20)23-27-28-25(30(23)16(3)4)35-14-21(32)26-22-17(5)29(6)31(24(22)33)19-10-8-7-9-11-19/h7-13,15-16H,14H2,1-6H3,(H,26,32). The van der Waals surface area contributed by atoms with Crippen LogP contribution < -0.4 is 10.9 Å². The van der Waals surface area contributed by atoms with E-state index in [1.807, 2.05) is 37.3 Å². The van der Waals surface area contributed by atoms with Crippen LogP contribution >= 0.6 is 23.1 Å². The molecule has 0 radical (unpaired) electrons. The maximum Gasteiger partial charge on any atom is 0.295 e. The van der Waals surface area contributed by atoms with Crippen molar-refractivity contribution in [1.29, 1.82) is 0 Å². The van der Waals surface area contributed by atoms with Crippen molar-refractivity contribution >= 4 is 34.7 Å². The molecular formula is C25H30N6O2S2. The van der Waals surface area contributed by atoms with Crippen molar-refractivity contribution in [3.8, 4) is 17.1 Å².